The Morgan fingerprint density at radius 2 is 1.66 bits per heavy atom. The van der Waals surface area contributed by atoms with Crippen LogP contribution in [0.15, 0.2) is 78.9 Å². The second kappa shape index (κ2) is 10.9. The molecule has 35 heavy (non-hydrogen) atoms. The minimum Gasteiger partial charge on any atom is -0.480 e. The van der Waals surface area contributed by atoms with Gasteiger partial charge in [0.15, 0.2) is 0 Å². The van der Waals surface area contributed by atoms with Crippen LogP contribution < -0.4 is 5.32 Å². The lowest BCUT2D eigenvalue weighted by Gasteiger charge is -2.35. The number of ether oxygens (including phenoxy) is 1. The number of carboxylic acids is 1. The Kier molecular flexibility index (Phi) is 7.45. The molecule has 0 unspecified atom stereocenters. The first-order valence-electron chi connectivity index (χ1n) is 11.5. The maximum atomic E-state index is 13.3. The third-order valence-electron chi connectivity index (χ3n) is 6.13. The van der Waals surface area contributed by atoms with Crippen LogP contribution in [0, 0.1) is 6.92 Å². The molecular formula is C28H28N2O5. The zero-order valence-corrected chi connectivity index (χ0v) is 19.5. The average Bonchev–Trinajstić information content (AvgIpc) is 2.86. The second-order valence-electron chi connectivity index (χ2n) is 8.75. The normalized spacial score (nSPS) is 15.6. The number of carboxylic acid groups (broad SMARTS) is 1. The van der Waals surface area contributed by atoms with E-state index in [9.17, 15) is 19.5 Å². The van der Waals surface area contributed by atoms with E-state index in [1.165, 1.54) is 4.90 Å². The first-order chi connectivity index (χ1) is 16.9. The number of amides is 2. The molecule has 4 rings (SSSR count). The van der Waals surface area contributed by atoms with Crippen LogP contribution in [-0.2, 0) is 40.3 Å². The van der Waals surface area contributed by atoms with Crippen molar-refractivity contribution in [1.82, 2.24) is 10.2 Å². The first-order valence-corrected chi connectivity index (χ1v) is 11.5. The third-order valence-corrected chi connectivity index (χ3v) is 6.13. The highest BCUT2D eigenvalue weighted by molar-refractivity contribution is 5.90. The summed E-state index contributed by atoms with van der Waals surface area (Å²) in [4.78, 5) is 39.7. The van der Waals surface area contributed by atoms with Gasteiger partial charge in [0.05, 0.1) is 6.54 Å². The van der Waals surface area contributed by atoms with E-state index < -0.39 is 30.1 Å². The van der Waals surface area contributed by atoms with Crippen molar-refractivity contribution in [2.45, 2.75) is 45.0 Å². The molecule has 1 aliphatic rings. The van der Waals surface area contributed by atoms with Crippen molar-refractivity contribution in [1.29, 1.82) is 0 Å². The lowest BCUT2D eigenvalue weighted by atomic mass is 9.93. The smallest absolute Gasteiger partial charge is 0.411 e. The van der Waals surface area contributed by atoms with E-state index in [-0.39, 0.29) is 26.0 Å². The largest absolute Gasteiger partial charge is 0.480 e. The monoisotopic (exact) mass is 472 g/mol. The van der Waals surface area contributed by atoms with Gasteiger partial charge < -0.3 is 15.2 Å². The van der Waals surface area contributed by atoms with E-state index in [4.69, 9.17) is 4.74 Å². The fourth-order valence-corrected chi connectivity index (χ4v) is 4.29. The van der Waals surface area contributed by atoms with Crippen molar-refractivity contribution in [3.8, 4) is 0 Å². The van der Waals surface area contributed by atoms with Gasteiger partial charge in [0.25, 0.3) is 0 Å². The molecule has 3 aromatic carbocycles. The molecule has 2 amide bonds. The summed E-state index contributed by atoms with van der Waals surface area (Å²) in [6, 6.07) is 22.4. The summed E-state index contributed by atoms with van der Waals surface area (Å²) in [5.74, 6) is -1.65. The van der Waals surface area contributed by atoms with Crippen LogP contribution in [-0.4, -0.2) is 40.1 Å². The molecule has 0 spiro atoms. The van der Waals surface area contributed by atoms with E-state index in [1.54, 1.807) is 0 Å². The van der Waals surface area contributed by atoms with Gasteiger partial charge in [0.2, 0.25) is 5.91 Å². The Hall–Kier alpha value is -4.13. The molecule has 0 saturated heterocycles. The van der Waals surface area contributed by atoms with E-state index in [0.29, 0.717) is 0 Å². The summed E-state index contributed by atoms with van der Waals surface area (Å²) in [5.41, 5.74) is 4.54. The highest BCUT2D eigenvalue weighted by Gasteiger charge is 2.37. The number of aliphatic carboxylic acids is 1. The summed E-state index contributed by atoms with van der Waals surface area (Å²) in [5, 5.41) is 12.4. The van der Waals surface area contributed by atoms with Crippen molar-refractivity contribution < 1.29 is 24.2 Å². The number of aryl methyl sites for hydroxylation is 1. The van der Waals surface area contributed by atoms with Crippen molar-refractivity contribution >= 4 is 18.0 Å². The molecule has 0 aromatic heterocycles. The Morgan fingerprint density at radius 3 is 2.37 bits per heavy atom. The number of rotatable bonds is 7. The van der Waals surface area contributed by atoms with E-state index in [0.717, 1.165) is 27.8 Å². The van der Waals surface area contributed by atoms with Crippen LogP contribution >= 0.6 is 0 Å². The topological polar surface area (TPSA) is 95.9 Å². The molecule has 7 nitrogen and oxygen atoms in total. The van der Waals surface area contributed by atoms with Crippen molar-refractivity contribution in [2.75, 3.05) is 0 Å². The zero-order chi connectivity index (χ0) is 24.8. The quantitative estimate of drug-likeness (QED) is 0.544. The lowest BCUT2D eigenvalue weighted by molar-refractivity contribution is -0.142. The minimum absolute atomic E-state index is 0.0806. The Balaban J connectivity index is 1.52. The van der Waals surface area contributed by atoms with Crippen LogP contribution in [0.5, 0.6) is 0 Å². The molecule has 0 saturated carbocycles. The predicted octanol–water partition coefficient (Wildman–Crippen LogP) is 3.87. The number of benzene rings is 3. The summed E-state index contributed by atoms with van der Waals surface area (Å²) < 4.78 is 5.51. The summed E-state index contributed by atoms with van der Waals surface area (Å²) in [6.07, 6.45) is -0.196. The van der Waals surface area contributed by atoms with E-state index in [2.05, 4.69) is 5.32 Å². The molecule has 0 aliphatic carbocycles. The zero-order valence-electron chi connectivity index (χ0n) is 19.5. The van der Waals surface area contributed by atoms with Crippen LogP contribution in [0.25, 0.3) is 0 Å². The van der Waals surface area contributed by atoms with Crippen molar-refractivity contribution in [2.24, 2.45) is 0 Å². The molecule has 0 fully saturated rings. The van der Waals surface area contributed by atoms with Crippen LogP contribution in [0.2, 0.25) is 0 Å². The standard InChI is InChI=1S/C28H28N2O5/c1-19-8-7-11-21(14-19)15-24(27(32)33)29-26(31)25-16-22-12-5-6-13-23(22)17-30(25)28(34)35-18-20-9-3-2-4-10-20/h2-14,24-25H,15-18H2,1H3,(H,29,31)(H,32,33)/t24-,25+/m1/s1. The predicted molar refractivity (Wildman–Crippen MR) is 131 cm³/mol. The van der Waals surface area contributed by atoms with Gasteiger partial charge in [-0.25, -0.2) is 9.59 Å². The highest BCUT2D eigenvalue weighted by atomic mass is 16.6. The summed E-state index contributed by atoms with van der Waals surface area (Å²) >= 11 is 0. The van der Waals surface area contributed by atoms with E-state index in [1.807, 2.05) is 85.8 Å². The number of hydrogen-bond acceptors (Lipinski definition) is 4. The molecular weight excluding hydrogens is 444 g/mol. The van der Waals surface area contributed by atoms with Crippen LogP contribution in [0.4, 0.5) is 4.79 Å². The Labute approximate surface area is 204 Å². The molecule has 3 aromatic rings. The fraction of sp³-hybridized carbons (Fsp3) is 0.250. The number of nitrogens with zero attached hydrogens (tertiary/aromatic N) is 1. The van der Waals surface area contributed by atoms with Gasteiger partial charge in [-0.05, 0) is 29.2 Å². The van der Waals surface area contributed by atoms with Gasteiger partial charge in [-0.15, -0.1) is 0 Å². The van der Waals surface area contributed by atoms with Crippen molar-refractivity contribution in [3.05, 3.63) is 107 Å². The molecule has 0 radical (unpaired) electrons. The maximum absolute atomic E-state index is 13.3. The first kappa shape index (κ1) is 24.0. The van der Waals surface area contributed by atoms with Crippen molar-refractivity contribution in [3.63, 3.8) is 0 Å². The van der Waals surface area contributed by atoms with Gasteiger partial charge in [0.1, 0.15) is 18.7 Å². The second-order valence-corrected chi connectivity index (χ2v) is 8.75. The van der Waals surface area contributed by atoms with Gasteiger partial charge in [-0.1, -0.05) is 84.4 Å². The molecule has 1 heterocycles. The maximum Gasteiger partial charge on any atom is 0.411 e. The average molecular weight is 473 g/mol. The summed E-state index contributed by atoms with van der Waals surface area (Å²) in [6.45, 7) is 2.21. The number of nitrogens with one attached hydrogen (secondary N) is 1. The van der Waals surface area contributed by atoms with Gasteiger partial charge in [-0.2, -0.15) is 0 Å². The number of fused-ring (bicyclic) bond motifs is 1. The fourth-order valence-electron chi connectivity index (χ4n) is 4.29. The van der Waals surface area contributed by atoms with E-state index >= 15 is 0 Å². The van der Waals surface area contributed by atoms with Gasteiger partial charge in [-0.3, -0.25) is 9.69 Å². The van der Waals surface area contributed by atoms with Gasteiger partial charge in [0, 0.05) is 12.8 Å². The molecule has 180 valence electrons. The molecule has 2 atom stereocenters. The van der Waals surface area contributed by atoms with Crippen LogP contribution in [0.1, 0.15) is 27.8 Å². The number of hydrogen-bond donors (Lipinski definition) is 2. The molecule has 1 aliphatic heterocycles. The lowest BCUT2D eigenvalue weighted by Crippen LogP contribution is -2.56. The highest BCUT2D eigenvalue weighted by Crippen LogP contribution is 2.25. The van der Waals surface area contributed by atoms with Crippen LogP contribution in [0.3, 0.4) is 0 Å². The SMILES string of the molecule is Cc1cccc(C[C@@H](NC(=O)[C@@H]2Cc3ccccc3CN2C(=O)OCc2ccccc2)C(=O)O)c1. The minimum atomic E-state index is -1.13. The number of carbonyl (C=O) groups excluding carboxylic acids is 2. The Morgan fingerprint density at radius 1 is 0.971 bits per heavy atom. The Bertz CT molecular complexity index is 1210. The number of carbonyl (C=O) groups is 3. The molecule has 0 bridgehead atoms. The van der Waals surface area contributed by atoms with Gasteiger partial charge >= 0.3 is 12.1 Å². The third kappa shape index (κ3) is 6.06. The molecule has 7 heteroatoms. The molecule has 2 N–H and O–H groups in total. The summed E-state index contributed by atoms with van der Waals surface area (Å²) in [7, 11) is 0.